The molecule has 58 valence electrons. The monoisotopic (exact) mass is 155 g/mol. The van der Waals surface area contributed by atoms with Gasteiger partial charge >= 0.3 is 5.69 Å². The van der Waals surface area contributed by atoms with Gasteiger partial charge in [0.2, 0.25) is 11.6 Å². The highest BCUT2D eigenvalue weighted by atomic mass is 16.6. The molecular formula is C4H5N5O2. The Morgan fingerprint density at radius 2 is 1.82 bits per heavy atom. The van der Waals surface area contributed by atoms with Gasteiger partial charge < -0.3 is 11.5 Å². The highest BCUT2D eigenvalue weighted by Crippen LogP contribution is 2.22. The van der Waals surface area contributed by atoms with E-state index in [1.165, 1.54) is 0 Å². The molecule has 11 heavy (non-hydrogen) atoms. The largest absolute Gasteiger partial charge is 0.378 e. The number of aromatic nitrogens is 2. The number of rotatable bonds is 1. The van der Waals surface area contributed by atoms with Gasteiger partial charge in [0.25, 0.3) is 0 Å². The number of nitrogens with zero attached hydrogens (tertiary/aromatic N) is 3. The zero-order chi connectivity index (χ0) is 8.43. The maximum Gasteiger partial charge on any atom is 0.352 e. The maximum absolute atomic E-state index is 10.2. The standard InChI is InChI=1S/C4H5N5O2/c5-3-2(9(10)11)4(6)8-1-7-3/h1H,(H4,5,6,7,8). The molecule has 0 aromatic carbocycles. The van der Waals surface area contributed by atoms with E-state index in [9.17, 15) is 10.1 Å². The van der Waals surface area contributed by atoms with Gasteiger partial charge in [0, 0.05) is 0 Å². The molecule has 0 aliphatic rings. The van der Waals surface area contributed by atoms with Crippen LogP contribution in [0.4, 0.5) is 17.3 Å². The summed E-state index contributed by atoms with van der Waals surface area (Å²) in [6.07, 6.45) is 1.07. The SMILES string of the molecule is Nc1ncnc(N)c1[N+](=O)[O-]. The molecule has 0 fully saturated rings. The number of nitrogens with two attached hydrogens (primary N) is 2. The first-order chi connectivity index (χ1) is 5.13. The Morgan fingerprint density at radius 1 is 1.36 bits per heavy atom. The van der Waals surface area contributed by atoms with Crippen LogP contribution in [0.2, 0.25) is 0 Å². The quantitative estimate of drug-likeness (QED) is 0.418. The lowest BCUT2D eigenvalue weighted by Crippen LogP contribution is -2.04. The van der Waals surface area contributed by atoms with E-state index in [4.69, 9.17) is 11.5 Å². The summed E-state index contributed by atoms with van der Waals surface area (Å²) in [6, 6.07) is 0. The number of anilines is 2. The Kier molecular flexibility index (Phi) is 1.55. The summed E-state index contributed by atoms with van der Waals surface area (Å²) in [4.78, 5) is 16.3. The normalized spacial score (nSPS) is 9.45. The van der Waals surface area contributed by atoms with Gasteiger partial charge in [-0.15, -0.1) is 0 Å². The van der Waals surface area contributed by atoms with Crippen LogP contribution in [0.25, 0.3) is 0 Å². The van der Waals surface area contributed by atoms with Crippen LogP contribution in [0.15, 0.2) is 6.33 Å². The van der Waals surface area contributed by atoms with E-state index in [2.05, 4.69) is 9.97 Å². The number of nitrogen functional groups attached to an aromatic ring is 2. The average Bonchev–Trinajstić information content (AvgIpc) is 1.85. The Morgan fingerprint density at radius 3 is 2.09 bits per heavy atom. The highest BCUT2D eigenvalue weighted by Gasteiger charge is 2.17. The van der Waals surface area contributed by atoms with E-state index < -0.39 is 10.6 Å². The summed E-state index contributed by atoms with van der Waals surface area (Å²) in [5, 5.41) is 10.2. The summed E-state index contributed by atoms with van der Waals surface area (Å²) in [5.74, 6) is -0.440. The predicted molar refractivity (Wildman–Crippen MR) is 37.5 cm³/mol. The van der Waals surface area contributed by atoms with E-state index in [0.29, 0.717) is 0 Å². The van der Waals surface area contributed by atoms with Gasteiger partial charge in [0.05, 0.1) is 4.92 Å². The second kappa shape index (κ2) is 2.37. The Balaban J connectivity index is 3.32. The summed E-state index contributed by atoms with van der Waals surface area (Å²) >= 11 is 0. The van der Waals surface area contributed by atoms with Crippen LogP contribution in [0.3, 0.4) is 0 Å². The first-order valence-corrected chi connectivity index (χ1v) is 2.63. The highest BCUT2D eigenvalue weighted by molar-refractivity contribution is 5.64. The molecular weight excluding hydrogens is 150 g/mol. The molecule has 0 aliphatic heterocycles. The lowest BCUT2D eigenvalue weighted by atomic mass is 10.4. The zero-order valence-electron chi connectivity index (χ0n) is 5.39. The Labute approximate surface area is 61.2 Å². The van der Waals surface area contributed by atoms with Gasteiger partial charge in [0.1, 0.15) is 6.33 Å². The third-order valence-electron chi connectivity index (χ3n) is 1.06. The molecule has 1 aromatic rings. The van der Waals surface area contributed by atoms with Crippen molar-refractivity contribution >= 4 is 17.3 Å². The van der Waals surface area contributed by atoms with Crippen molar-refractivity contribution in [3.63, 3.8) is 0 Å². The minimum atomic E-state index is -0.718. The summed E-state index contributed by atoms with van der Waals surface area (Å²) in [7, 11) is 0. The second-order valence-corrected chi connectivity index (χ2v) is 1.75. The molecule has 0 saturated carbocycles. The summed E-state index contributed by atoms with van der Waals surface area (Å²) < 4.78 is 0. The van der Waals surface area contributed by atoms with Gasteiger partial charge in [0.15, 0.2) is 0 Å². The third kappa shape index (κ3) is 1.16. The number of hydrogen-bond donors (Lipinski definition) is 2. The lowest BCUT2D eigenvalue weighted by molar-refractivity contribution is -0.383. The van der Waals surface area contributed by atoms with Gasteiger partial charge in [-0.3, -0.25) is 10.1 Å². The van der Waals surface area contributed by atoms with Crippen molar-refractivity contribution < 1.29 is 4.92 Å². The van der Waals surface area contributed by atoms with Crippen molar-refractivity contribution in [1.29, 1.82) is 0 Å². The van der Waals surface area contributed by atoms with Crippen molar-refractivity contribution in [3.8, 4) is 0 Å². The third-order valence-corrected chi connectivity index (χ3v) is 1.06. The topological polar surface area (TPSA) is 121 Å². The fourth-order valence-corrected chi connectivity index (χ4v) is 0.594. The smallest absolute Gasteiger partial charge is 0.352 e. The first kappa shape index (κ1) is 7.19. The molecule has 0 spiro atoms. The predicted octanol–water partition coefficient (Wildman–Crippen LogP) is -0.451. The van der Waals surface area contributed by atoms with Gasteiger partial charge in [-0.05, 0) is 0 Å². The van der Waals surface area contributed by atoms with Crippen LogP contribution in [0.1, 0.15) is 0 Å². The Bertz CT molecular complexity index is 278. The molecule has 4 N–H and O–H groups in total. The summed E-state index contributed by atoms with van der Waals surface area (Å²) in [6.45, 7) is 0. The zero-order valence-corrected chi connectivity index (χ0v) is 5.39. The van der Waals surface area contributed by atoms with E-state index >= 15 is 0 Å². The molecule has 0 aliphatic carbocycles. The van der Waals surface area contributed by atoms with E-state index in [1.807, 2.05) is 0 Å². The molecule has 7 heteroatoms. The minimum Gasteiger partial charge on any atom is -0.378 e. The number of hydrogen-bond acceptors (Lipinski definition) is 6. The van der Waals surface area contributed by atoms with E-state index in [0.717, 1.165) is 6.33 Å². The van der Waals surface area contributed by atoms with Crippen molar-refractivity contribution in [3.05, 3.63) is 16.4 Å². The van der Waals surface area contributed by atoms with Crippen molar-refractivity contribution in [2.24, 2.45) is 0 Å². The molecule has 1 rings (SSSR count). The fourth-order valence-electron chi connectivity index (χ4n) is 0.594. The maximum atomic E-state index is 10.2. The van der Waals surface area contributed by atoms with Crippen LogP contribution in [0.5, 0.6) is 0 Å². The summed E-state index contributed by atoms with van der Waals surface area (Å²) in [5.41, 5.74) is 9.86. The average molecular weight is 155 g/mol. The second-order valence-electron chi connectivity index (χ2n) is 1.75. The number of nitro groups is 1. The lowest BCUT2D eigenvalue weighted by Gasteiger charge is -1.96. The van der Waals surface area contributed by atoms with Crippen LogP contribution >= 0.6 is 0 Å². The van der Waals surface area contributed by atoms with E-state index in [-0.39, 0.29) is 11.6 Å². The fraction of sp³-hybridized carbons (Fsp3) is 0. The van der Waals surface area contributed by atoms with Gasteiger partial charge in [-0.1, -0.05) is 0 Å². The molecule has 0 bridgehead atoms. The molecule has 0 amide bonds. The minimum absolute atomic E-state index is 0.220. The molecule has 0 atom stereocenters. The first-order valence-electron chi connectivity index (χ1n) is 2.63. The molecule has 7 nitrogen and oxygen atoms in total. The molecule has 0 unspecified atom stereocenters. The molecule has 0 saturated heterocycles. The van der Waals surface area contributed by atoms with Crippen LogP contribution in [0, 0.1) is 10.1 Å². The van der Waals surface area contributed by atoms with Gasteiger partial charge in [-0.25, -0.2) is 9.97 Å². The molecule has 1 heterocycles. The van der Waals surface area contributed by atoms with Crippen molar-refractivity contribution in [2.45, 2.75) is 0 Å². The molecule has 0 radical (unpaired) electrons. The van der Waals surface area contributed by atoms with Gasteiger partial charge in [-0.2, -0.15) is 0 Å². The van der Waals surface area contributed by atoms with E-state index in [1.54, 1.807) is 0 Å². The molecule has 1 aromatic heterocycles. The van der Waals surface area contributed by atoms with Crippen molar-refractivity contribution in [1.82, 2.24) is 9.97 Å². The van der Waals surface area contributed by atoms with Crippen molar-refractivity contribution in [2.75, 3.05) is 11.5 Å². The van der Waals surface area contributed by atoms with Crippen LogP contribution in [-0.4, -0.2) is 14.9 Å². The Hall–Kier alpha value is -1.92. The van der Waals surface area contributed by atoms with Crippen LogP contribution in [-0.2, 0) is 0 Å². The van der Waals surface area contributed by atoms with Crippen LogP contribution < -0.4 is 11.5 Å².